The normalized spacial score (nSPS) is 11.3. The summed E-state index contributed by atoms with van der Waals surface area (Å²) in [5, 5.41) is 2.85. The first-order chi connectivity index (χ1) is 22.6. The van der Waals surface area contributed by atoms with Gasteiger partial charge in [-0.15, -0.1) is 0 Å². The Morgan fingerprint density at radius 3 is 1.00 bits per heavy atom. The summed E-state index contributed by atoms with van der Waals surface area (Å²) in [6.45, 7) is 7.27. The van der Waals surface area contributed by atoms with Crippen LogP contribution < -0.4 is 11.1 Å². The van der Waals surface area contributed by atoms with Crippen molar-refractivity contribution in [1.29, 1.82) is 0 Å². The lowest BCUT2D eigenvalue weighted by molar-refractivity contribution is -0.121. The number of unbranched alkanes of at least 4 members (excludes halogenated alkanes) is 26. The van der Waals surface area contributed by atoms with E-state index in [9.17, 15) is 9.59 Å². The van der Waals surface area contributed by atoms with E-state index in [1.165, 1.54) is 173 Å². The van der Waals surface area contributed by atoms with Crippen molar-refractivity contribution in [2.75, 3.05) is 6.54 Å². The molecule has 0 aliphatic heterocycles. The fourth-order valence-electron chi connectivity index (χ4n) is 5.72. The topological polar surface area (TPSA) is 72.2 Å². The minimum absolute atomic E-state index is 0.156. The molecule has 4 nitrogen and oxygen atoms in total. The molecule has 4 heteroatoms. The molecule has 0 aliphatic carbocycles. The standard InChI is InChI=1S/C22H43NO.C20H39NO/c1-2-3-4-5-6-7-8-9-10-11-12-13-14-15-16-17-18-19-20-21-22(23)24;1-3-5-6-7-8-9-10-11-12-13-14-15-16-17-18-19-20(22)21-4-2/h9-10H,2-8,11-21H2,1H3,(H2,23,24);11-12H,3-10,13-19H2,1-2H3,(H,21,22)/b10-9-;12-11-. The van der Waals surface area contributed by atoms with E-state index in [4.69, 9.17) is 5.73 Å². The molecule has 0 aromatic rings. The summed E-state index contributed by atoms with van der Waals surface area (Å²) in [5.74, 6) is 0.0520. The highest BCUT2D eigenvalue weighted by Gasteiger charge is 1.98. The van der Waals surface area contributed by atoms with Gasteiger partial charge in [-0.05, 0) is 71.1 Å². The zero-order valence-corrected chi connectivity index (χ0v) is 31.5. The second kappa shape index (κ2) is 43.4. The highest BCUT2D eigenvalue weighted by molar-refractivity contribution is 5.75. The summed E-state index contributed by atoms with van der Waals surface area (Å²) in [5.41, 5.74) is 5.13. The van der Waals surface area contributed by atoms with Gasteiger partial charge in [-0.3, -0.25) is 9.59 Å². The zero-order valence-electron chi connectivity index (χ0n) is 31.5. The van der Waals surface area contributed by atoms with E-state index in [0.29, 0.717) is 12.8 Å². The quantitative estimate of drug-likeness (QED) is 0.0531. The van der Waals surface area contributed by atoms with Crippen molar-refractivity contribution in [2.45, 2.75) is 226 Å². The number of hydrogen-bond donors (Lipinski definition) is 2. The Morgan fingerprint density at radius 2 is 0.696 bits per heavy atom. The first-order valence-corrected chi connectivity index (χ1v) is 20.4. The average Bonchev–Trinajstić information content (AvgIpc) is 3.04. The number of carbonyl (C=O) groups is 2. The van der Waals surface area contributed by atoms with Gasteiger partial charge in [-0.2, -0.15) is 0 Å². The Labute approximate surface area is 289 Å². The molecule has 0 heterocycles. The van der Waals surface area contributed by atoms with Gasteiger partial charge < -0.3 is 11.1 Å². The molecule has 0 aromatic heterocycles. The Morgan fingerprint density at radius 1 is 0.413 bits per heavy atom. The summed E-state index contributed by atoms with van der Waals surface area (Å²) in [4.78, 5) is 21.9. The Balaban J connectivity index is 0. The van der Waals surface area contributed by atoms with Gasteiger partial charge in [0.1, 0.15) is 0 Å². The first kappa shape index (κ1) is 46.5. The molecule has 2 amide bonds. The summed E-state index contributed by atoms with van der Waals surface area (Å²) in [7, 11) is 0. The Hall–Kier alpha value is -1.58. The maximum Gasteiger partial charge on any atom is 0.219 e. The minimum atomic E-state index is -0.156. The third-order valence-electron chi connectivity index (χ3n) is 8.72. The third-order valence-corrected chi connectivity index (χ3v) is 8.72. The molecular formula is C42H82N2O2. The van der Waals surface area contributed by atoms with Crippen LogP contribution in [-0.4, -0.2) is 18.4 Å². The molecule has 0 unspecified atom stereocenters. The predicted molar refractivity (Wildman–Crippen MR) is 205 cm³/mol. The van der Waals surface area contributed by atoms with Crippen LogP contribution in [0.25, 0.3) is 0 Å². The largest absolute Gasteiger partial charge is 0.370 e. The van der Waals surface area contributed by atoms with Crippen LogP contribution in [0.1, 0.15) is 226 Å². The number of hydrogen-bond acceptors (Lipinski definition) is 2. The van der Waals surface area contributed by atoms with Gasteiger partial charge in [0.2, 0.25) is 11.8 Å². The van der Waals surface area contributed by atoms with Gasteiger partial charge >= 0.3 is 0 Å². The van der Waals surface area contributed by atoms with E-state index in [-0.39, 0.29) is 11.8 Å². The third kappa shape index (κ3) is 46.8. The fraction of sp³-hybridized carbons (Fsp3) is 0.857. The summed E-state index contributed by atoms with van der Waals surface area (Å²) >= 11 is 0. The number of carbonyl (C=O) groups excluding carboxylic acids is 2. The van der Waals surface area contributed by atoms with Gasteiger partial charge in [-0.25, -0.2) is 0 Å². The maximum absolute atomic E-state index is 11.3. The van der Waals surface area contributed by atoms with Crippen LogP contribution in [0.3, 0.4) is 0 Å². The molecule has 0 fully saturated rings. The smallest absolute Gasteiger partial charge is 0.219 e. The number of allylic oxidation sites excluding steroid dienone is 4. The van der Waals surface area contributed by atoms with Crippen molar-refractivity contribution >= 4 is 11.8 Å². The second-order valence-corrected chi connectivity index (χ2v) is 13.5. The van der Waals surface area contributed by atoms with E-state index in [0.717, 1.165) is 25.8 Å². The van der Waals surface area contributed by atoms with Crippen molar-refractivity contribution in [1.82, 2.24) is 5.32 Å². The molecule has 46 heavy (non-hydrogen) atoms. The lowest BCUT2D eigenvalue weighted by Gasteiger charge is -2.02. The van der Waals surface area contributed by atoms with Gasteiger partial charge in [0.15, 0.2) is 0 Å². The van der Waals surface area contributed by atoms with E-state index in [2.05, 4.69) is 43.5 Å². The van der Waals surface area contributed by atoms with Crippen LogP contribution in [0.15, 0.2) is 24.3 Å². The molecule has 0 spiro atoms. The van der Waals surface area contributed by atoms with Gasteiger partial charge in [0, 0.05) is 19.4 Å². The van der Waals surface area contributed by atoms with Crippen LogP contribution >= 0.6 is 0 Å². The summed E-state index contributed by atoms with van der Waals surface area (Å²) in [6, 6.07) is 0. The number of nitrogens with one attached hydrogen (secondary N) is 1. The lowest BCUT2D eigenvalue weighted by atomic mass is 10.1. The Kier molecular flexibility index (Phi) is 43.9. The monoisotopic (exact) mass is 647 g/mol. The molecular weight excluding hydrogens is 564 g/mol. The van der Waals surface area contributed by atoms with Crippen molar-refractivity contribution < 1.29 is 9.59 Å². The molecule has 272 valence electrons. The number of amides is 2. The first-order valence-electron chi connectivity index (χ1n) is 20.4. The zero-order chi connectivity index (χ0) is 34.0. The number of rotatable bonds is 35. The average molecular weight is 647 g/mol. The van der Waals surface area contributed by atoms with Crippen molar-refractivity contribution in [2.24, 2.45) is 5.73 Å². The molecule has 0 saturated heterocycles. The van der Waals surface area contributed by atoms with Crippen LogP contribution in [0.2, 0.25) is 0 Å². The van der Waals surface area contributed by atoms with Crippen LogP contribution in [-0.2, 0) is 9.59 Å². The van der Waals surface area contributed by atoms with E-state index in [1.807, 2.05) is 6.92 Å². The minimum Gasteiger partial charge on any atom is -0.370 e. The fourth-order valence-corrected chi connectivity index (χ4v) is 5.72. The van der Waals surface area contributed by atoms with Crippen molar-refractivity contribution in [3.05, 3.63) is 24.3 Å². The molecule has 0 bridgehead atoms. The second-order valence-electron chi connectivity index (χ2n) is 13.5. The predicted octanol–water partition coefficient (Wildman–Crippen LogP) is 13.2. The van der Waals surface area contributed by atoms with Gasteiger partial charge in [0.25, 0.3) is 0 Å². The van der Waals surface area contributed by atoms with E-state index in [1.54, 1.807) is 0 Å². The number of primary amides is 1. The van der Waals surface area contributed by atoms with Gasteiger partial charge in [0.05, 0.1) is 0 Å². The summed E-state index contributed by atoms with van der Waals surface area (Å²) in [6.07, 6.45) is 50.2. The van der Waals surface area contributed by atoms with Crippen molar-refractivity contribution in [3.63, 3.8) is 0 Å². The molecule has 0 aliphatic rings. The van der Waals surface area contributed by atoms with Crippen LogP contribution in [0, 0.1) is 0 Å². The lowest BCUT2D eigenvalue weighted by Crippen LogP contribution is -2.21. The molecule has 0 saturated carbocycles. The molecule has 0 rings (SSSR count). The Bertz CT molecular complexity index is 658. The molecule has 0 atom stereocenters. The molecule has 3 N–H and O–H groups in total. The van der Waals surface area contributed by atoms with Gasteiger partial charge in [-0.1, -0.05) is 167 Å². The highest BCUT2D eigenvalue weighted by Crippen LogP contribution is 2.13. The highest BCUT2D eigenvalue weighted by atomic mass is 16.1. The SMILES string of the molecule is CCCCCCCC/C=C\CCCCCCCC(=O)NCC.CCCCCCCC/C=C\CCCCCCCCCCCC(N)=O. The van der Waals surface area contributed by atoms with E-state index < -0.39 is 0 Å². The molecule has 0 radical (unpaired) electrons. The maximum atomic E-state index is 11.3. The van der Waals surface area contributed by atoms with Crippen molar-refractivity contribution in [3.8, 4) is 0 Å². The van der Waals surface area contributed by atoms with E-state index >= 15 is 0 Å². The van der Waals surface area contributed by atoms with Crippen LogP contribution in [0.4, 0.5) is 0 Å². The molecule has 0 aromatic carbocycles. The van der Waals surface area contributed by atoms with Crippen LogP contribution in [0.5, 0.6) is 0 Å². The number of nitrogens with two attached hydrogens (primary N) is 1. The summed E-state index contributed by atoms with van der Waals surface area (Å²) < 4.78 is 0.